The number of thiophene rings is 1. The topological polar surface area (TPSA) is 61.4 Å². The Bertz CT molecular complexity index is 542. The van der Waals surface area contributed by atoms with Crippen LogP contribution < -0.4 is 10.0 Å². The molecule has 0 aromatic carbocycles. The van der Waals surface area contributed by atoms with E-state index in [-0.39, 0.29) is 0 Å². The highest BCUT2D eigenvalue weighted by Crippen LogP contribution is 2.20. The van der Waals surface area contributed by atoms with Gasteiger partial charge in [-0.3, -0.25) is 0 Å². The van der Waals surface area contributed by atoms with Crippen LogP contribution in [-0.4, -0.2) is 46.0 Å². The number of rotatable bonds is 7. The van der Waals surface area contributed by atoms with Gasteiger partial charge in [0.05, 0.1) is 4.90 Å². The van der Waals surface area contributed by atoms with Gasteiger partial charge in [-0.25, -0.2) is 13.1 Å². The second kappa shape index (κ2) is 7.69. The first-order chi connectivity index (χ1) is 10.0. The fourth-order valence-corrected chi connectivity index (χ4v) is 4.85. The van der Waals surface area contributed by atoms with Crippen LogP contribution in [0.1, 0.15) is 31.1 Å². The summed E-state index contributed by atoms with van der Waals surface area (Å²) in [5.74, 6) is 0. The lowest BCUT2D eigenvalue weighted by molar-refractivity contribution is 0.187. The summed E-state index contributed by atoms with van der Waals surface area (Å²) in [7, 11) is -1.31. The number of likely N-dealkylation sites (N-methyl/N-ethyl adjacent to an activating group) is 1. The zero-order chi connectivity index (χ0) is 15.3. The van der Waals surface area contributed by atoms with Crippen molar-refractivity contribution >= 4 is 21.4 Å². The van der Waals surface area contributed by atoms with E-state index in [1.54, 1.807) is 11.4 Å². The number of piperidine rings is 1. The van der Waals surface area contributed by atoms with E-state index < -0.39 is 10.0 Å². The second-order valence-corrected chi connectivity index (χ2v) is 8.27. The number of nitrogens with one attached hydrogen (secondary N) is 2. The summed E-state index contributed by atoms with van der Waals surface area (Å²) in [6.45, 7) is 5.19. The standard InChI is InChI=1S/C14H25N3O2S2/c1-3-15-10-13-8-14(11-20-13)21(18,19)16-9-12-6-4-5-7-17(12)2/h8,11-12,15-16H,3-7,9-10H2,1-2H3. The van der Waals surface area contributed by atoms with Gasteiger partial charge in [0.2, 0.25) is 10.0 Å². The minimum absolute atomic E-state index is 0.313. The van der Waals surface area contributed by atoms with Crippen molar-refractivity contribution in [2.45, 2.75) is 43.7 Å². The highest BCUT2D eigenvalue weighted by atomic mass is 32.2. The van der Waals surface area contributed by atoms with Gasteiger partial charge in [-0.05, 0) is 39.0 Å². The molecule has 1 aliphatic rings. The number of nitrogens with zero attached hydrogens (tertiary/aromatic N) is 1. The van der Waals surface area contributed by atoms with Crippen LogP contribution in [0.5, 0.6) is 0 Å². The molecule has 1 unspecified atom stereocenters. The molecule has 0 radical (unpaired) electrons. The van der Waals surface area contributed by atoms with Crippen LogP contribution in [-0.2, 0) is 16.6 Å². The average molecular weight is 332 g/mol. The fourth-order valence-electron chi connectivity index (χ4n) is 2.53. The first kappa shape index (κ1) is 16.9. The maximum absolute atomic E-state index is 12.3. The summed E-state index contributed by atoms with van der Waals surface area (Å²) in [5.41, 5.74) is 0. The third-order valence-corrected chi connectivity index (χ3v) is 6.41. The number of hydrogen-bond donors (Lipinski definition) is 2. The molecule has 0 amide bonds. The molecule has 2 rings (SSSR count). The van der Waals surface area contributed by atoms with Crippen molar-refractivity contribution in [2.75, 3.05) is 26.7 Å². The SMILES string of the molecule is CCNCc1cc(S(=O)(=O)NCC2CCCCN2C)cs1. The fraction of sp³-hybridized carbons (Fsp3) is 0.714. The Labute approximate surface area is 131 Å². The lowest BCUT2D eigenvalue weighted by Crippen LogP contribution is -2.44. The van der Waals surface area contributed by atoms with Crippen LogP contribution in [0.2, 0.25) is 0 Å². The summed E-state index contributed by atoms with van der Waals surface area (Å²) >= 11 is 1.49. The molecule has 21 heavy (non-hydrogen) atoms. The number of hydrogen-bond acceptors (Lipinski definition) is 5. The average Bonchev–Trinajstić information content (AvgIpc) is 2.94. The van der Waals surface area contributed by atoms with Gasteiger partial charge >= 0.3 is 0 Å². The highest BCUT2D eigenvalue weighted by molar-refractivity contribution is 7.89. The van der Waals surface area contributed by atoms with Crippen LogP contribution in [0.4, 0.5) is 0 Å². The van der Waals surface area contributed by atoms with Crippen molar-refractivity contribution in [3.05, 3.63) is 16.3 Å². The molecule has 1 aromatic heterocycles. The summed E-state index contributed by atoms with van der Waals surface area (Å²) in [6, 6.07) is 2.08. The molecule has 1 saturated heterocycles. The van der Waals surface area contributed by atoms with Crippen molar-refractivity contribution in [1.82, 2.24) is 14.9 Å². The van der Waals surface area contributed by atoms with Crippen molar-refractivity contribution in [1.29, 1.82) is 0 Å². The van der Waals surface area contributed by atoms with E-state index in [1.807, 2.05) is 6.92 Å². The zero-order valence-electron chi connectivity index (χ0n) is 12.8. The summed E-state index contributed by atoms with van der Waals surface area (Å²) in [6.07, 6.45) is 3.45. The molecule has 0 bridgehead atoms. The molecule has 0 saturated carbocycles. The van der Waals surface area contributed by atoms with Gasteiger partial charge in [0, 0.05) is 29.4 Å². The summed E-state index contributed by atoms with van der Waals surface area (Å²) < 4.78 is 27.4. The molecule has 1 fully saturated rings. The van der Waals surface area contributed by atoms with E-state index in [2.05, 4.69) is 22.0 Å². The van der Waals surface area contributed by atoms with E-state index in [0.29, 0.717) is 17.5 Å². The van der Waals surface area contributed by atoms with Gasteiger partial charge < -0.3 is 10.2 Å². The molecule has 0 spiro atoms. The molecule has 120 valence electrons. The van der Waals surface area contributed by atoms with Gasteiger partial charge in [-0.1, -0.05) is 13.3 Å². The smallest absolute Gasteiger partial charge is 0.241 e. The predicted octanol–water partition coefficient (Wildman–Crippen LogP) is 1.62. The van der Waals surface area contributed by atoms with Crippen molar-refractivity contribution in [3.8, 4) is 0 Å². The van der Waals surface area contributed by atoms with Crippen LogP contribution in [0.15, 0.2) is 16.3 Å². The largest absolute Gasteiger partial charge is 0.312 e. The van der Waals surface area contributed by atoms with E-state index in [0.717, 1.165) is 30.9 Å². The molecule has 5 nitrogen and oxygen atoms in total. The Morgan fingerprint density at radius 1 is 1.43 bits per heavy atom. The second-order valence-electron chi connectivity index (χ2n) is 5.51. The Hall–Kier alpha value is -0.470. The third-order valence-electron chi connectivity index (χ3n) is 3.92. The Morgan fingerprint density at radius 3 is 2.95 bits per heavy atom. The van der Waals surface area contributed by atoms with Gasteiger partial charge in [0.1, 0.15) is 0 Å². The first-order valence-corrected chi connectivity index (χ1v) is 9.87. The van der Waals surface area contributed by atoms with Crippen LogP contribution >= 0.6 is 11.3 Å². The van der Waals surface area contributed by atoms with Crippen LogP contribution in [0.3, 0.4) is 0 Å². The van der Waals surface area contributed by atoms with Gasteiger partial charge in [-0.2, -0.15) is 0 Å². The Kier molecular flexibility index (Phi) is 6.19. The molecule has 1 aromatic rings. The van der Waals surface area contributed by atoms with E-state index in [1.165, 1.54) is 24.2 Å². The van der Waals surface area contributed by atoms with Crippen molar-refractivity contribution in [2.24, 2.45) is 0 Å². The number of likely N-dealkylation sites (tertiary alicyclic amines) is 1. The third kappa shape index (κ3) is 4.75. The Balaban J connectivity index is 1.93. The van der Waals surface area contributed by atoms with Gasteiger partial charge in [-0.15, -0.1) is 11.3 Å². The highest BCUT2D eigenvalue weighted by Gasteiger charge is 2.22. The minimum atomic E-state index is -3.38. The van der Waals surface area contributed by atoms with E-state index >= 15 is 0 Å². The first-order valence-electron chi connectivity index (χ1n) is 7.51. The molecule has 0 aliphatic carbocycles. The van der Waals surface area contributed by atoms with E-state index in [9.17, 15) is 8.42 Å². The van der Waals surface area contributed by atoms with Crippen LogP contribution in [0.25, 0.3) is 0 Å². The monoisotopic (exact) mass is 331 g/mol. The molecule has 1 atom stereocenters. The van der Waals surface area contributed by atoms with Gasteiger partial charge in [0.15, 0.2) is 0 Å². The zero-order valence-corrected chi connectivity index (χ0v) is 14.4. The summed E-state index contributed by atoms with van der Waals surface area (Å²) in [5, 5.41) is 4.93. The molecule has 1 aliphatic heterocycles. The quantitative estimate of drug-likeness (QED) is 0.797. The summed E-state index contributed by atoms with van der Waals surface area (Å²) in [4.78, 5) is 3.68. The number of sulfonamides is 1. The van der Waals surface area contributed by atoms with E-state index in [4.69, 9.17) is 0 Å². The van der Waals surface area contributed by atoms with Crippen molar-refractivity contribution < 1.29 is 8.42 Å². The van der Waals surface area contributed by atoms with Gasteiger partial charge in [0.25, 0.3) is 0 Å². The Morgan fingerprint density at radius 2 is 2.24 bits per heavy atom. The maximum atomic E-state index is 12.3. The minimum Gasteiger partial charge on any atom is -0.312 e. The lowest BCUT2D eigenvalue weighted by atomic mass is 10.0. The predicted molar refractivity (Wildman–Crippen MR) is 87.2 cm³/mol. The molecular formula is C14H25N3O2S2. The van der Waals surface area contributed by atoms with Crippen LogP contribution in [0, 0.1) is 0 Å². The normalized spacial score (nSPS) is 20.8. The maximum Gasteiger partial charge on any atom is 0.241 e. The molecule has 2 heterocycles. The molecule has 2 N–H and O–H groups in total. The van der Waals surface area contributed by atoms with Crippen molar-refractivity contribution in [3.63, 3.8) is 0 Å². The lowest BCUT2D eigenvalue weighted by Gasteiger charge is -2.32. The molecular weight excluding hydrogens is 306 g/mol. The molecule has 7 heteroatoms.